The second-order valence-corrected chi connectivity index (χ2v) is 8.04. The van der Waals surface area contributed by atoms with Crippen LogP contribution in [0.4, 0.5) is 5.69 Å². The number of aromatic nitrogens is 1. The molecule has 142 valence electrons. The standard InChI is InChI=1S/C22H21N3O2S/c1-15-5-10-19-20(12-15)28-22(24-19)16-6-8-17(9-7-16)23-21(26)14-25(2)13-18-4-3-11-27-18/h3-12H,13-14H2,1-2H3,(H,23,26)/p+1. The van der Waals surface area contributed by atoms with Gasteiger partial charge in [0.05, 0.1) is 23.5 Å². The van der Waals surface area contributed by atoms with Gasteiger partial charge in [0.2, 0.25) is 0 Å². The molecule has 2 aromatic heterocycles. The minimum Gasteiger partial charge on any atom is -0.463 e. The number of fused-ring (bicyclic) bond motifs is 1. The highest BCUT2D eigenvalue weighted by Gasteiger charge is 2.12. The van der Waals surface area contributed by atoms with Crippen molar-refractivity contribution in [3.8, 4) is 10.6 Å². The van der Waals surface area contributed by atoms with Gasteiger partial charge >= 0.3 is 0 Å². The summed E-state index contributed by atoms with van der Waals surface area (Å²) in [6.07, 6.45) is 1.65. The smallest absolute Gasteiger partial charge is 0.279 e. The van der Waals surface area contributed by atoms with Crippen molar-refractivity contribution < 1.29 is 14.1 Å². The van der Waals surface area contributed by atoms with Crippen molar-refractivity contribution in [3.63, 3.8) is 0 Å². The van der Waals surface area contributed by atoms with Gasteiger partial charge in [-0.15, -0.1) is 11.3 Å². The Bertz CT molecular complexity index is 1080. The highest BCUT2D eigenvalue weighted by molar-refractivity contribution is 7.21. The molecule has 1 atom stereocenters. The minimum atomic E-state index is -0.0210. The molecular weight excluding hydrogens is 370 g/mol. The molecule has 1 unspecified atom stereocenters. The van der Waals surface area contributed by atoms with Gasteiger partial charge in [-0.2, -0.15) is 0 Å². The van der Waals surface area contributed by atoms with Crippen molar-refractivity contribution in [1.29, 1.82) is 0 Å². The van der Waals surface area contributed by atoms with E-state index in [9.17, 15) is 4.79 Å². The van der Waals surface area contributed by atoms with Crippen LogP contribution in [0.15, 0.2) is 65.3 Å². The SMILES string of the molecule is Cc1ccc2nc(-c3ccc(NC(=O)C[NH+](C)Cc4ccco4)cc3)sc2c1. The van der Waals surface area contributed by atoms with E-state index < -0.39 is 0 Å². The van der Waals surface area contributed by atoms with E-state index in [-0.39, 0.29) is 5.91 Å². The van der Waals surface area contributed by atoms with E-state index in [4.69, 9.17) is 9.40 Å². The maximum Gasteiger partial charge on any atom is 0.279 e. The molecular formula is C22H22N3O2S+. The van der Waals surface area contributed by atoms with Crippen molar-refractivity contribution in [3.05, 3.63) is 72.2 Å². The first-order valence-electron chi connectivity index (χ1n) is 9.18. The highest BCUT2D eigenvalue weighted by atomic mass is 32.1. The Morgan fingerprint density at radius 3 is 2.75 bits per heavy atom. The molecule has 4 aromatic rings. The first-order valence-corrected chi connectivity index (χ1v) is 9.99. The van der Waals surface area contributed by atoms with E-state index in [1.165, 1.54) is 10.3 Å². The van der Waals surface area contributed by atoms with Gasteiger partial charge in [-0.25, -0.2) is 4.98 Å². The molecule has 6 heteroatoms. The fourth-order valence-corrected chi connectivity index (χ4v) is 4.17. The number of benzene rings is 2. The molecule has 0 aliphatic rings. The van der Waals surface area contributed by atoms with Crippen LogP contribution >= 0.6 is 11.3 Å². The summed E-state index contributed by atoms with van der Waals surface area (Å²) in [7, 11) is 1.97. The largest absolute Gasteiger partial charge is 0.463 e. The Hall–Kier alpha value is -2.96. The van der Waals surface area contributed by atoms with Gasteiger partial charge in [-0.05, 0) is 61.0 Å². The second kappa shape index (κ2) is 7.96. The zero-order valence-corrected chi connectivity index (χ0v) is 16.7. The summed E-state index contributed by atoms with van der Waals surface area (Å²) in [6, 6.07) is 17.9. The van der Waals surface area contributed by atoms with E-state index in [2.05, 4.69) is 30.4 Å². The molecule has 0 radical (unpaired) electrons. The van der Waals surface area contributed by atoms with Crippen molar-refractivity contribution in [2.24, 2.45) is 0 Å². The first-order chi connectivity index (χ1) is 13.6. The fourth-order valence-electron chi connectivity index (χ4n) is 3.10. The van der Waals surface area contributed by atoms with Crippen LogP contribution in [0.5, 0.6) is 0 Å². The van der Waals surface area contributed by atoms with E-state index in [1.807, 2.05) is 43.4 Å². The van der Waals surface area contributed by atoms with Crippen LogP contribution in [0.25, 0.3) is 20.8 Å². The molecule has 2 heterocycles. The summed E-state index contributed by atoms with van der Waals surface area (Å²) in [4.78, 5) is 18.1. The molecule has 1 amide bonds. The number of rotatable bonds is 6. The maximum absolute atomic E-state index is 12.3. The number of carbonyl (C=O) groups excluding carboxylic acids is 1. The third kappa shape index (κ3) is 4.30. The van der Waals surface area contributed by atoms with Crippen molar-refractivity contribution >= 4 is 33.1 Å². The summed E-state index contributed by atoms with van der Waals surface area (Å²) < 4.78 is 6.52. The van der Waals surface area contributed by atoms with Gasteiger partial charge in [-0.3, -0.25) is 4.79 Å². The first kappa shape index (κ1) is 18.4. The number of carbonyl (C=O) groups is 1. The third-order valence-corrected chi connectivity index (χ3v) is 5.55. The molecule has 0 bridgehead atoms. The number of furan rings is 1. The Labute approximate surface area is 167 Å². The number of hydrogen-bond acceptors (Lipinski definition) is 4. The lowest BCUT2D eigenvalue weighted by Gasteiger charge is -2.12. The lowest BCUT2D eigenvalue weighted by atomic mass is 10.2. The van der Waals surface area contributed by atoms with Crippen LogP contribution in [-0.2, 0) is 11.3 Å². The third-order valence-electron chi connectivity index (χ3n) is 4.48. The van der Waals surface area contributed by atoms with Gasteiger partial charge in [-0.1, -0.05) is 6.07 Å². The average Bonchev–Trinajstić information content (AvgIpc) is 3.31. The second-order valence-electron chi connectivity index (χ2n) is 7.01. The number of quaternary nitrogens is 1. The Kier molecular flexibility index (Phi) is 5.23. The molecule has 0 saturated heterocycles. The van der Waals surface area contributed by atoms with Gasteiger partial charge < -0.3 is 14.6 Å². The maximum atomic E-state index is 12.3. The molecule has 0 spiro atoms. The van der Waals surface area contributed by atoms with Crippen molar-refractivity contribution in [1.82, 2.24) is 4.98 Å². The predicted molar refractivity (Wildman–Crippen MR) is 113 cm³/mol. The topological polar surface area (TPSA) is 59.6 Å². The van der Waals surface area contributed by atoms with Crippen LogP contribution < -0.4 is 10.2 Å². The molecule has 0 fully saturated rings. The number of anilines is 1. The molecule has 4 rings (SSSR count). The molecule has 5 nitrogen and oxygen atoms in total. The van der Waals surface area contributed by atoms with Gasteiger partial charge in [0, 0.05) is 11.3 Å². The molecule has 0 aliphatic heterocycles. The zero-order chi connectivity index (χ0) is 19.5. The van der Waals surface area contributed by atoms with Crippen LogP contribution in [0.1, 0.15) is 11.3 Å². The summed E-state index contributed by atoms with van der Waals surface area (Å²) in [6.45, 7) is 3.14. The number of thiazole rings is 1. The van der Waals surface area contributed by atoms with E-state index >= 15 is 0 Å². The monoisotopic (exact) mass is 392 g/mol. The fraction of sp³-hybridized carbons (Fsp3) is 0.182. The van der Waals surface area contributed by atoms with Gasteiger partial charge in [0.15, 0.2) is 12.3 Å². The normalized spacial score (nSPS) is 12.2. The summed E-state index contributed by atoms with van der Waals surface area (Å²) in [5.41, 5.74) is 4.10. The lowest BCUT2D eigenvalue weighted by molar-refractivity contribution is -0.886. The molecule has 0 saturated carbocycles. The van der Waals surface area contributed by atoms with Crippen LogP contribution in [0.3, 0.4) is 0 Å². The predicted octanol–water partition coefficient (Wildman–Crippen LogP) is 3.52. The summed E-state index contributed by atoms with van der Waals surface area (Å²) in [5.74, 6) is 0.855. The zero-order valence-electron chi connectivity index (χ0n) is 15.9. The van der Waals surface area contributed by atoms with E-state index in [0.717, 1.165) is 32.4 Å². The van der Waals surface area contributed by atoms with Crippen LogP contribution in [0.2, 0.25) is 0 Å². The number of amides is 1. The number of hydrogen-bond donors (Lipinski definition) is 2. The minimum absolute atomic E-state index is 0.0210. The van der Waals surface area contributed by atoms with Gasteiger partial charge in [0.25, 0.3) is 5.91 Å². The Balaban J connectivity index is 1.39. The Morgan fingerprint density at radius 1 is 1.18 bits per heavy atom. The molecule has 28 heavy (non-hydrogen) atoms. The van der Waals surface area contributed by atoms with Gasteiger partial charge in [0.1, 0.15) is 11.6 Å². The number of nitrogens with one attached hydrogen (secondary N) is 2. The molecule has 2 aromatic carbocycles. The van der Waals surface area contributed by atoms with Crippen LogP contribution in [0, 0.1) is 6.92 Å². The van der Waals surface area contributed by atoms with Crippen molar-refractivity contribution in [2.45, 2.75) is 13.5 Å². The average molecular weight is 393 g/mol. The van der Waals surface area contributed by atoms with Crippen LogP contribution in [-0.4, -0.2) is 24.5 Å². The summed E-state index contributed by atoms with van der Waals surface area (Å²) >= 11 is 1.68. The molecule has 2 N–H and O–H groups in total. The molecule has 0 aliphatic carbocycles. The van der Waals surface area contributed by atoms with E-state index in [0.29, 0.717) is 13.1 Å². The number of aryl methyl sites for hydroxylation is 1. The number of nitrogens with zero attached hydrogens (tertiary/aromatic N) is 1. The summed E-state index contributed by atoms with van der Waals surface area (Å²) in [5, 5.41) is 3.94. The highest BCUT2D eigenvalue weighted by Crippen LogP contribution is 2.31. The van der Waals surface area contributed by atoms with Crippen molar-refractivity contribution in [2.75, 3.05) is 18.9 Å². The van der Waals surface area contributed by atoms with E-state index in [1.54, 1.807) is 17.6 Å². The Morgan fingerprint density at radius 2 is 2.00 bits per heavy atom. The number of likely N-dealkylation sites (N-methyl/N-ethyl adjacent to an activating group) is 1. The quantitative estimate of drug-likeness (QED) is 0.528. The lowest BCUT2D eigenvalue weighted by Crippen LogP contribution is -3.08.